The summed E-state index contributed by atoms with van der Waals surface area (Å²) in [6, 6.07) is 30.4. The number of anilines is 1. The lowest BCUT2D eigenvalue weighted by atomic mass is 10.00. The van der Waals surface area contributed by atoms with Crippen molar-refractivity contribution in [2.45, 2.75) is 38.3 Å². The Bertz CT molecular complexity index is 1450. The Morgan fingerprint density at radius 2 is 1.44 bits per heavy atom. The summed E-state index contributed by atoms with van der Waals surface area (Å²) in [5.41, 5.74) is 4.71. The highest BCUT2D eigenvalue weighted by atomic mass is 32.2. The molecule has 5 nitrogen and oxygen atoms in total. The van der Waals surface area contributed by atoms with Crippen LogP contribution in [0.4, 0.5) is 5.69 Å². The van der Waals surface area contributed by atoms with Gasteiger partial charge in [-0.25, -0.2) is 8.42 Å². The second-order valence-corrected chi connectivity index (χ2v) is 10.7. The summed E-state index contributed by atoms with van der Waals surface area (Å²) in [5, 5.41) is 3.06. The molecule has 0 fully saturated rings. The van der Waals surface area contributed by atoms with Gasteiger partial charge in [-0.1, -0.05) is 84.4 Å². The first-order valence-electron chi connectivity index (χ1n) is 11.9. The molecule has 0 aromatic heterocycles. The van der Waals surface area contributed by atoms with Gasteiger partial charge in [-0.3, -0.25) is 9.10 Å². The Hall–Kier alpha value is -3.90. The van der Waals surface area contributed by atoms with E-state index in [0.29, 0.717) is 11.3 Å². The first-order valence-corrected chi connectivity index (χ1v) is 13.3. The minimum Gasteiger partial charge on any atom is -0.345 e. The molecule has 6 heteroatoms. The van der Waals surface area contributed by atoms with Gasteiger partial charge in [0.1, 0.15) is 0 Å². The number of nitrogens with zero attached hydrogens (tertiary/aromatic N) is 1. The van der Waals surface area contributed by atoms with Gasteiger partial charge in [0.05, 0.1) is 28.7 Å². The van der Waals surface area contributed by atoms with E-state index in [2.05, 4.69) is 11.4 Å². The number of amides is 1. The number of hydrogen-bond acceptors (Lipinski definition) is 3. The molecule has 0 heterocycles. The summed E-state index contributed by atoms with van der Waals surface area (Å²) in [5.74, 6) is -0.334. The highest BCUT2D eigenvalue weighted by Crippen LogP contribution is 2.30. The Balaban J connectivity index is 1.74. The molecule has 0 aliphatic carbocycles. The fraction of sp³-hybridized carbons (Fsp3) is 0.167. The summed E-state index contributed by atoms with van der Waals surface area (Å²) in [7, 11) is -3.95. The number of hydrogen-bond donors (Lipinski definition) is 1. The molecule has 0 radical (unpaired) electrons. The molecule has 36 heavy (non-hydrogen) atoms. The molecule has 0 aliphatic rings. The molecule has 4 aromatic rings. The molecule has 0 aliphatic heterocycles. The van der Waals surface area contributed by atoms with Crippen LogP contribution < -0.4 is 9.62 Å². The Morgan fingerprint density at radius 1 is 0.833 bits per heavy atom. The van der Waals surface area contributed by atoms with E-state index in [9.17, 15) is 13.2 Å². The summed E-state index contributed by atoms with van der Waals surface area (Å²) < 4.78 is 29.0. The Morgan fingerprint density at radius 3 is 2.11 bits per heavy atom. The molecular weight excluding hydrogens is 468 g/mol. The zero-order valence-electron chi connectivity index (χ0n) is 20.7. The van der Waals surface area contributed by atoms with Crippen molar-refractivity contribution < 1.29 is 13.2 Å². The highest BCUT2D eigenvalue weighted by molar-refractivity contribution is 7.92. The van der Waals surface area contributed by atoms with Crippen LogP contribution >= 0.6 is 0 Å². The van der Waals surface area contributed by atoms with Gasteiger partial charge >= 0.3 is 0 Å². The van der Waals surface area contributed by atoms with Gasteiger partial charge in [0.2, 0.25) is 0 Å². The van der Waals surface area contributed by atoms with Gasteiger partial charge in [-0.05, 0) is 61.7 Å². The number of nitrogens with one attached hydrogen (secondary N) is 1. The fourth-order valence-electron chi connectivity index (χ4n) is 4.32. The number of aryl methyl sites for hydroxylation is 2. The quantitative estimate of drug-likeness (QED) is 0.315. The monoisotopic (exact) mass is 498 g/mol. The summed E-state index contributed by atoms with van der Waals surface area (Å²) in [4.78, 5) is 13.7. The maximum Gasteiger partial charge on any atom is 0.264 e. The molecule has 0 bridgehead atoms. The van der Waals surface area contributed by atoms with Crippen molar-refractivity contribution in [1.29, 1.82) is 0 Å². The van der Waals surface area contributed by atoms with Crippen molar-refractivity contribution in [1.82, 2.24) is 5.32 Å². The molecule has 1 atom stereocenters. The molecule has 0 saturated heterocycles. The molecule has 4 rings (SSSR count). The number of para-hydroxylation sites is 1. The average Bonchev–Trinajstić information content (AvgIpc) is 2.88. The predicted octanol–water partition coefficient (Wildman–Crippen LogP) is 6.19. The molecule has 0 saturated carbocycles. The largest absolute Gasteiger partial charge is 0.345 e. The Kier molecular flexibility index (Phi) is 7.55. The predicted molar refractivity (Wildman–Crippen MR) is 144 cm³/mol. The van der Waals surface area contributed by atoms with Crippen LogP contribution in [0.25, 0.3) is 0 Å². The molecule has 0 unspecified atom stereocenters. The molecule has 184 valence electrons. The molecule has 0 spiro atoms. The Labute approximate surface area is 213 Å². The number of carbonyl (C=O) groups is 1. The third-order valence-corrected chi connectivity index (χ3v) is 7.93. The van der Waals surface area contributed by atoms with Crippen molar-refractivity contribution in [3.05, 3.63) is 131 Å². The van der Waals surface area contributed by atoms with E-state index in [1.165, 1.54) is 4.31 Å². The SMILES string of the molecule is Cc1ccc([C@@H](C)NC(=O)c2ccccc2N(Cc2ccccc2)S(=O)(=O)c2ccccc2)c(C)c1. The van der Waals surface area contributed by atoms with Crippen LogP contribution in [0.15, 0.2) is 108 Å². The normalized spacial score (nSPS) is 12.1. The van der Waals surface area contributed by atoms with Crippen LogP contribution in [0.5, 0.6) is 0 Å². The van der Waals surface area contributed by atoms with E-state index in [1.54, 1.807) is 54.6 Å². The number of carbonyl (C=O) groups excluding carboxylic acids is 1. The standard InChI is InChI=1S/C30H30N2O3S/c1-22-18-19-27(23(2)20-22)24(3)31-30(33)28-16-10-11-17-29(28)32(21-25-12-6-4-7-13-25)36(34,35)26-14-8-5-9-15-26/h4-20,24H,21H2,1-3H3,(H,31,33)/t24-/m1/s1. The molecular formula is C30H30N2O3S. The lowest BCUT2D eigenvalue weighted by Gasteiger charge is -2.27. The van der Waals surface area contributed by atoms with Crippen LogP contribution in [0.1, 0.15) is 45.6 Å². The van der Waals surface area contributed by atoms with Crippen LogP contribution in [0, 0.1) is 13.8 Å². The van der Waals surface area contributed by atoms with Gasteiger partial charge in [-0.15, -0.1) is 0 Å². The minimum absolute atomic E-state index is 0.0922. The van der Waals surface area contributed by atoms with Crippen LogP contribution in [0.2, 0.25) is 0 Å². The van der Waals surface area contributed by atoms with E-state index < -0.39 is 10.0 Å². The van der Waals surface area contributed by atoms with Gasteiger partial charge < -0.3 is 5.32 Å². The van der Waals surface area contributed by atoms with E-state index >= 15 is 0 Å². The first-order chi connectivity index (χ1) is 17.3. The van der Waals surface area contributed by atoms with Crippen LogP contribution in [-0.2, 0) is 16.6 Å². The van der Waals surface area contributed by atoms with Gasteiger partial charge in [0.15, 0.2) is 0 Å². The van der Waals surface area contributed by atoms with Gasteiger partial charge in [-0.2, -0.15) is 0 Å². The third kappa shape index (κ3) is 5.50. The highest BCUT2D eigenvalue weighted by Gasteiger charge is 2.29. The van der Waals surface area contributed by atoms with Crippen LogP contribution in [-0.4, -0.2) is 14.3 Å². The number of benzene rings is 4. The molecule has 1 N–H and O–H groups in total. The maximum absolute atomic E-state index is 13.8. The van der Waals surface area contributed by atoms with Crippen molar-refractivity contribution in [2.75, 3.05) is 4.31 Å². The minimum atomic E-state index is -3.95. The van der Waals surface area contributed by atoms with Gasteiger partial charge in [0.25, 0.3) is 15.9 Å². The summed E-state index contributed by atoms with van der Waals surface area (Å²) in [6.07, 6.45) is 0. The van der Waals surface area contributed by atoms with Crippen molar-refractivity contribution >= 4 is 21.6 Å². The van der Waals surface area contributed by atoms with E-state index in [1.807, 2.05) is 63.2 Å². The second-order valence-electron chi connectivity index (χ2n) is 8.88. The van der Waals surface area contributed by atoms with Crippen LogP contribution in [0.3, 0.4) is 0 Å². The lowest BCUT2D eigenvalue weighted by molar-refractivity contribution is 0.0940. The second kappa shape index (κ2) is 10.8. The zero-order chi connectivity index (χ0) is 25.7. The lowest BCUT2D eigenvalue weighted by Crippen LogP contribution is -2.34. The summed E-state index contributed by atoms with van der Waals surface area (Å²) in [6.45, 7) is 6.08. The molecule has 4 aromatic carbocycles. The van der Waals surface area contributed by atoms with Crippen molar-refractivity contribution in [3.8, 4) is 0 Å². The zero-order valence-corrected chi connectivity index (χ0v) is 21.5. The summed E-state index contributed by atoms with van der Waals surface area (Å²) >= 11 is 0. The first kappa shape index (κ1) is 25.2. The number of rotatable bonds is 8. The fourth-order valence-corrected chi connectivity index (χ4v) is 5.81. The van der Waals surface area contributed by atoms with Gasteiger partial charge in [0, 0.05) is 0 Å². The molecule has 1 amide bonds. The topological polar surface area (TPSA) is 66.5 Å². The van der Waals surface area contributed by atoms with E-state index in [0.717, 1.165) is 22.3 Å². The van der Waals surface area contributed by atoms with Crippen molar-refractivity contribution in [3.63, 3.8) is 0 Å². The maximum atomic E-state index is 13.8. The number of sulfonamides is 1. The van der Waals surface area contributed by atoms with E-state index in [4.69, 9.17) is 0 Å². The van der Waals surface area contributed by atoms with Crippen molar-refractivity contribution in [2.24, 2.45) is 0 Å². The smallest absolute Gasteiger partial charge is 0.264 e. The third-order valence-electron chi connectivity index (χ3n) is 6.16. The van der Waals surface area contributed by atoms with E-state index in [-0.39, 0.29) is 23.4 Å². The average molecular weight is 499 g/mol.